The zero-order chi connectivity index (χ0) is 15.0. The minimum absolute atomic E-state index is 0.0194. The van der Waals surface area contributed by atoms with Crippen molar-refractivity contribution in [1.82, 2.24) is 14.8 Å². The van der Waals surface area contributed by atoms with Crippen molar-refractivity contribution >= 4 is 11.6 Å². The van der Waals surface area contributed by atoms with E-state index in [2.05, 4.69) is 24.0 Å². The summed E-state index contributed by atoms with van der Waals surface area (Å²) in [5.41, 5.74) is 1.05. The number of nitrogens with zero attached hydrogens (tertiary/aromatic N) is 3. The predicted molar refractivity (Wildman–Crippen MR) is 83.3 cm³/mol. The average Bonchev–Trinajstić information content (AvgIpc) is 2.85. The summed E-state index contributed by atoms with van der Waals surface area (Å²) < 4.78 is 7.86. The summed E-state index contributed by atoms with van der Waals surface area (Å²) in [5.74, 6) is 0.827. The number of aromatic nitrogens is 3. The van der Waals surface area contributed by atoms with Crippen molar-refractivity contribution in [2.45, 2.75) is 39.3 Å². The molecule has 1 fully saturated rings. The topological polar surface area (TPSA) is 39.9 Å². The number of hydrogen-bond donors (Lipinski definition) is 0. The molecule has 1 aromatic heterocycles. The molecular formula is C16H20ClN3O. The quantitative estimate of drug-likeness (QED) is 0.858. The minimum Gasteiger partial charge on any atom is -0.378 e. The van der Waals surface area contributed by atoms with Gasteiger partial charge in [-0.3, -0.25) is 4.57 Å². The van der Waals surface area contributed by atoms with E-state index in [4.69, 9.17) is 16.3 Å². The second-order valence-corrected chi connectivity index (χ2v) is 6.38. The molecule has 1 aliphatic rings. The van der Waals surface area contributed by atoms with Gasteiger partial charge in [0.15, 0.2) is 5.82 Å². The fourth-order valence-corrected chi connectivity index (χ4v) is 3.35. The van der Waals surface area contributed by atoms with Crippen LogP contribution in [0.1, 0.15) is 33.2 Å². The highest BCUT2D eigenvalue weighted by Gasteiger charge is 2.51. The Bertz CT molecular complexity index is 624. The van der Waals surface area contributed by atoms with Crippen LogP contribution in [0.4, 0.5) is 0 Å². The van der Waals surface area contributed by atoms with Crippen LogP contribution in [0.25, 0.3) is 11.4 Å². The van der Waals surface area contributed by atoms with Gasteiger partial charge in [0.25, 0.3) is 0 Å². The molecule has 1 saturated carbocycles. The number of ether oxygens (including phenoxy) is 1. The van der Waals surface area contributed by atoms with E-state index >= 15 is 0 Å². The Kier molecular flexibility index (Phi) is 3.76. The minimum atomic E-state index is 0.0194. The van der Waals surface area contributed by atoms with Crippen LogP contribution in [0.3, 0.4) is 0 Å². The molecule has 0 aliphatic heterocycles. The third-order valence-corrected chi connectivity index (χ3v) is 4.75. The van der Waals surface area contributed by atoms with Crippen LogP contribution in [-0.4, -0.2) is 27.5 Å². The molecule has 2 atom stereocenters. The largest absolute Gasteiger partial charge is 0.378 e. The SMILES string of the molecule is CCOC1CC(n2c(Cl)nnc2-c2ccccc2)C1(C)C. The molecular weight excluding hydrogens is 286 g/mol. The van der Waals surface area contributed by atoms with Crippen molar-refractivity contribution in [1.29, 1.82) is 0 Å². The fraction of sp³-hybridized carbons (Fsp3) is 0.500. The molecule has 4 nitrogen and oxygen atoms in total. The zero-order valence-corrected chi connectivity index (χ0v) is 13.3. The molecule has 0 N–H and O–H groups in total. The Labute approximate surface area is 130 Å². The molecule has 5 heteroatoms. The summed E-state index contributed by atoms with van der Waals surface area (Å²) in [6.07, 6.45) is 1.20. The van der Waals surface area contributed by atoms with Gasteiger partial charge >= 0.3 is 0 Å². The first-order valence-electron chi connectivity index (χ1n) is 7.33. The van der Waals surface area contributed by atoms with Gasteiger partial charge in [0, 0.05) is 23.6 Å². The molecule has 112 valence electrons. The number of rotatable bonds is 4. The lowest BCUT2D eigenvalue weighted by Gasteiger charge is -2.52. The van der Waals surface area contributed by atoms with Crippen molar-refractivity contribution in [3.63, 3.8) is 0 Å². The molecule has 21 heavy (non-hydrogen) atoms. The Hall–Kier alpha value is -1.39. The summed E-state index contributed by atoms with van der Waals surface area (Å²) in [7, 11) is 0. The fourth-order valence-electron chi connectivity index (χ4n) is 3.12. The van der Waals surface area contributed by atoms with Crippen LogP contribution >= 0.6 is 11.6 Å². The monoisotopic (exact) mass is 305 g/mol. The summed E-state index contributed by atoms with van der Waals surface area (Å²) in [5, 5.41) is 8.78. The summed E-state index contributed by atoms with van der Waals surface area (Å²) in [6, 6.07) is 10.3. The highest BCUT2D eigenvalue weighted by Crippen LogP contribution is 2.53. The molecule has 1 aromatic carbocycles. The van der Waals surface area contributed by atoms with Crippen LogP contribution in [-0.2, 0) is 4.74 Å². The van der Waals surface area contributed by atoms with Crippen LogP contribution in [0.5, 0.6) is 0 Å². The van der Waals surface area contributed by atoms with E-state index in [1.165, 1.54) is 0 Å². The molecule has 2 aromatic rings. The second kappa shape index (κ2) is 5.43. The third-order valence-electron chi connectivity index (χ3n) is 4.49. The predicted octanol–water partition coefficient (Wildman–Crippen LogP) is 3.97. The lowest BCUT2D eigenvalue weighted by Crippen LogP contribution is -2.51. The highest BCUT2D eigenvalue weighted by molar-refractivity contribution is 6.28. The van der Waals surface area contributed by atoms with E-state index in [0.29, 0.717) is 5.28 Å². The van der Waals surface area contributed by atoms with Gasteiger partial charge in [-0.05, 0) is 24.9 Å². The van der Waals surface area contributed by atoms with Gasteiger partial charge in [-0.15, -0.1) is 10.2 Å². The Morgan fingerprint density at radius 3 is 2.62 bits per heavy atom. The number of hydrogen-bond acceptors (Lipinski definition) is 3. The van der Waals surface area contributed by atoms with E-state index in [-0.39, 0.29) is 17.6 Å². The first-order chi connectivity index (χ1) is 10.1. The molecule has 0 amide bonds. The Morgan fingerprint density at radius 1 is 1.29 bits per heavy atom. The van der Waals surface area contributed by atoms with Gasteiger partial charge in [-0.2, -0.15) is 0 Å². The number of benzene rings is 1. The maximum Gasteiger partial charge on any atom is 0.225 e. The first-order valence-corrected chi connectivity index (χ1v) is 7.71. The van der Waals surface area contributed by atoms with Gasteiger partial charge < -0.3 is 4.74 Å². The summed E-state index contributed by atoms with van der Waals surface area (Å²) >= 11 is 6.30. The zero-order valence-electron chi connectivity index (χ0n) is 12.6. The van der Waals surface area contributed by atoms with Crippen molar-refractivity contribution in [3.05, 3.63) is 35.6 Å². The number of halogens is 1. The Balaban J connectivity index is 1.96. The average molecular weight is 306 g/mol. The Morgan fingerprint density at radius 2 is 2.00 bits per heavy atom. The highest BCUT2D eigenvalue weighted by atomic mass is 35.5. The normalized spacial score (nSPS) is 23.8. The van der Waals surface area contributed by atoms with Crippen molar-refractivity contribution in [2.24, 2.45) is 5.41 Å². The van der Waals surface area contributed by atoms with E-state index in [1.807, 2.05) is 41.8 Å². The maximum absolute atomic E-state index is 6.30. The van der Waals surface area contributed by atoms with Crippen LogP contribution in [0, 0.1) is 5.41 Å². The van der Waals surface area contributed by atoms with Crippen LogP contribution in [0.2, 0.25) is 5.28 Å². The van der Waals surface area contributed by atoms with Crippen molar-refractivity contribution in [2.75, 3.05) is 6.61 Å². The lowest BCUT2D eigenvalue weighted by molar-refractivity contribution is -0.127. The van der Waals surface area contributed by atoms with Crippen LogP contribution < -0.4 is 0 Å². The molecule has 0 saturated heterocycles. The smallest absolute Gasteiger partial charge is 0.225 e. The molecule has 3 rings (SSSR count). The van der Waals surface area contributed by atoms with Crippen molar-refractivity contribution in [3.8, 4) is 11.4 Å². The summed E-state index contributed by atoms with van der Waals surface area (Å²) in [6.45, 7) is 7.20. The van der Waals surface area contributed by atoms with Gasteiger partial charge in [0.1, 0.15) is 0 Å². The van der Waals surface area contributed by atoms with Crippen LogP contribution in [0.15, 0.2) is 30.3 Å². The molecule has 0 bridgehead atoms. The standard InChI is InChI=1S/C16H20ClN3O/c1-4-21-13-10-12(16(13,2)3)20-14(18-19-15(20)17)11-8-6-5-7-9-11/h5-9,12-13H,4,10H2,1-3H3. The van der Waals surface area contributed by atoms with E-state index < -0.39 is 0 Å². The van der Waals surface area contributed by atoms with Gasteiger partial charge in [0.05, 0.1) is 6.10 Å². The van der Waals surface area contributed by atoms with Gasteiger partial charge in [0.2, 0.25) is 5.28 Å². The first kappa shape index (κ1) is 14.5. The molecule has 0 spiro atoms. The summed E-state index contributed by atoms with van der Waals surface area (Å²) in [4.78, 5) is 0. The maximum atomic E-state index is 6.30. The molecule has 1 aliphatic carbocycles. The van der Waals surface area contributed by atoms with E-state index in [1.54, 1.807) is 0 Å². The second-order valence-electron chi connectivity index (χ2n) is 6.05. The van der Waals surface area contributed by atoms with Gasteiger partial charge in [-0.1, -0.05) is 44.2 Å². The molecule has 1 heterocycles. The molecule has 0 radical (unpaired) electrons. The van der Waals surface area contributed by atoms with Crippen molar-refractivity contribution < 1.29 is 4.74 Å². The van der Waals surface area contributed by atoms with E-state index in [0.717, 1.165) is 24.4 Å². The lowest BCUT2D eigenvalue weighted by atomic mass is 9.64. The molecule has 2 unspecified atom stereocenters. The van der Waals surface area contributed by atoms with E-state index in [9.17, 15) is 0 Å². The third kappa shape index (κ3) is 2.36. The van der Waals surface area contributed by atoms with Gasteiger partial charge in [-0.25, -0.2) is 0 Å².